The number of ether oxygens (including phenoxy) is 1. The van der Waals surface area contributed by atoms with Crippen LogP contribution >= 0.6 is 0 Å². The van der Waals surface area contributed by atoms with Crippen molar-refractivity contribution in [3.8, 4) is 0 Å². The number of hydrogen-bond acceptors (Lipinski definition) is 16. The van der Waals surface area contributed by atoms with Gasteiger partial charge in [-0.3, -0.25) is 66.5 Å². The number of nitrogens with zero attached hydrogens (tertiary/aromatic N) is 5. The monoisotopic (exact) mass is 1440 g/mol. The van der Waals surface area contributed by atoms with Crippen molar-refractivity contribution in [2.24, 2.45) is 47.3 Å². The first kappa shape index (κ1) is 90.7. The van der Waals surface area contributed by atoms with Gasteiger partial charge in [0.25, 0.3) is 0 Å². The Balaban J connectivity index is 4.19. The predicted octanol–water partition coefficient (Wildman–Crippen LogP) is 2.00. The molecule has 30 heteroatoms. The van der Waals surface area contributed by atoms with E-state index in [1.165, 1.54) is 70.0 Å². The number of cyclic esters (lactones) is 1. The number of carbonyl (C=O) groups excluding carboxylic acids is 14. The van der Waals surface area contributed by atoms with Crippen molar-refractivity contribution < 1.29 is 76.1 Å². The number of likely N-dealkylation sites (N-methyl/N-ethyl adjacent to an activating group) is 5. The third-order valence-corrected chi connectivity index (χ3v) is 19.2. The Hall–Kier alpha value is -7.27. The highest BCUT2D eigenvalue weighted by Crippen LogP contribution is 2.24. The second-order valence-corrected chi connectivity index (χ2v) is 30.5. The summed E-state index contributed by atoms with van der Waals surface area (Å²) in [5, 5.41) is 21.8. The molecule has 100 heavy (non-hydrogen) atoms. The Morgan fingerprint density at radius 1 is 0.560 bits per heavy atom. The molecular formula is C70H125N13O16S. The average Bonchev–Trinajstić information content (AvgIpc) is 0.832. The first-order valence-electron chi connectivity index (χ1n) is 35.6. The van der Waals surface area contributed by atoms with Crippen LogP contribution in [0.15, 0.2) is 0 Å². The summed E-state index contributed by atoms with van der Waals surface area (Å²) in [6.07, 6.45) is 0.252. The number of esters is 1. The molecule has 15 atom stereocenters. The molecule has 572 valence electrons. The molecule has 1 aliphatic rings. The normalized spacial score (nSPS) is 25.0. The van der Waals surface area contributed by atoms with Gasteiger partial charge in [0.2, 0.25) is 76.8 Å². The molecular weight excluding hydrogens is 1310 g/mol. The SMILES string of the molecule is CC[C@H](C)[C@H]1C(=O)NCCC(=O)N[C@H]([C@@H](C)CC)C(=O)N(C)[C@@H](C(C)C)C(=O)N(C)[C@@H](C)C(=O)NCCC(=O)N[C@H](CC(C)C)C(=O)N(C)[C@H]([C@@H](C)CC)C(=O)O[C@H](C)[C@H](NC(=O)[C@@H](CC(C)C)N(C)C(=O)[C@@H](NC(=O)CS(C)=O)C(C)C)C(=O)NCCC(=O)N[C@H](CC(C)C)C(=O)N1C. The van der Waals surface area contributed by atoms with Gasteiger partial charge in [-0.2, -0.15) is 0 Å². The van der Waals surface area contributed by atoms with E-state index < -0.39 is 203 Å². The topological polar surface area (TPSA) is 378 Å². The standard InChI is InChI=1S/C70H125N13O16S/c1-25-43(14)56-68(95)81(21)58(42(12)13)69(96)79(19)46(17)61(88)71-31-28-51(84)75-49(35-39(6)7)66(93)83(23)60(45(16)27-3)70(97)99-47(18)57(78-62(89)50(36-40(8)9)80(20)67(94)55(41(10)11)77-54(87)37-100(24)98)63(90)72-32-29-52(85)74-48(34-38(4)5)65(92)82(22)59(44(15)26-2)64(91)73-33-30-53(86)76-56/h38-50,55-60H,25-37H2,1-24H3,(H,71,88)(H,72,90)(H,73,91)(H,74,85)(H,75,84)(H,76,86)(H,77,87)(H,78,89)/t43-,44-,45-,46-,47+,48+,49+,50+,55-,56+,57-,58-,59-,60+,100?/m0/s1. The molecule has 0 aromatic carbocycles. The maximum absolute atomic E-state index is 14.8. The largest absolute Gasteiger partial charge is 0.458 e. The highest BCUT2D eigenvalue weighted by atomic mass is 32.2. The van der Waals surface area contributed by atoms with Gasteiger partial charge in [-0.05, 0) is 80.5 Å². The molecule has 13 amide bonds. The minimum atomic E-state index is -1.75. The van der Waals surface area contributed by atoms with E-state index in [4.69, 9.17) is 4.74 Å². The minimum Gasteiger partial charge on any atom is -0.458 e. The van der Waals surface area contributed by atoms with Crippen LogP contribution in [0.3, 0.4) is 0 Å². The Kier molecular flexibility index (Phi) is 39.5. The van der Waals surface area contributed by atoms with Crippen LogP contribution in [0.5, 0.6) is 0 Å². The quantitative estimate of drug-likeness (QED) is 0.0762. The zero-order chi connectivity index (χ0) is 77.1. The summed E-state index contributed by atoms with van der Waals surface area (Å²) in [6.45, 7) is 30.5. The van der Waals surface area contributed by atoms with E-state index in [9.17, 15) is 71.3 Å². The van der Waals surface area contributed by atoms with Crippen molar-refractivity contribution in [3.63, 3.8) is 0 Å². The Bertz CT molecular complexity index is 2820. The summed E-state index contributed by atoms with van der Waals surface area (Å²) < 4.78 is 18.1. The summed E-state index contributed by atoms with van der Waals surface area (Å²) >= 11 is 0. The fourth-order valence-electron chi connectivity index (χ4n) is 11.9. The van der Waals surface area contributed by atoms with Crippen molar-refractivity contribution in [2.75, 3.05) is 66.9 Å². The van der Waals surface area contributed by atoms with Gasteiger partial charge in [0, 0.05) is 91.2 Å². The lowest BCUT2D eigenvalue weighted by Gasteiger charge is -2.37. The minimum absolute atomic E-state index is 0.0340. The lowest BCUT2D eigenvalue weighted by atomic mass is 9.94. The van der Waals surface area contributed by atoms with E-state index in [0.717, 1.165) is 9.80 Å². The molecule has 0 aromatic rings. The molecule has 29 nitrogen and oxygen atoms in total. The molecule has 1 rings (SSSR count). The number of amides is 13. The fourth-order valence-corrected chi connectivity index (χ4v) is 12.3. The van der Waals surface area contributed by atoms with Gasteiger partial charge in [0.05, 0.1) is 0 Å². The first-order chi connectivity index (χ1) is 46.4. The molecule has 1 fully saturated rings. The molecule has 0 saturated carbocycles. The lowest BCUT2D eigenvalue weighted by Crippen LogP contribution is -2.61. The van der Waals surface area contributed by atoms with Gasteiger partial charge in [0.1, 0.15) is 72.3 Å². The van der Waals surface area contributed by atoms with Gasteiger partial charge >= 0.3 is 5.97 Å². The zero-order valence-electron chi connectivity index (χ0n) is 64.3. The second-order valence-electron chi connectivity index (χ2n) is 29.1. The molecule has 0 spiro atoms. The van der Waals surface area contributed by atoms with Crippen molar-refractivity contribution >= 4 is 93.6 Å². The highest BCUT2D eigenvalue weighted by Gasteiger charge is 2.44. The van der Waals surface area contributed by atoms with Crippen LogP contribution in [0, 0.1) is 47.3 Å². The van der Waals surface area contributed by atoms with Gasteiger partial charge < -0.3 is 71.8 Å². The van der Waals surface area contributed by atoms with Gasteiger partial charge in [-0.25, -0.2) is 4.79 Å². The molecule has 1 saturated heterocycles. The Morgan fingerprint density at radius 3 is 1.42 bits per heavy atom. The number of rotatable bonds is 21. The molecule has 0 radical (unpaired) electrons. The van der Waals surface area contributed by atoms with Crippen LogP contribution in [0.2, 0.25) is 0 Å². The smallest absolute Gasteiger partial charge is 0.329 e. The van der Waals surface area contributed by atoms with E-state index in [1.807, 2.05) is 41.5 Å². The van der Waals surface area contributed by atoms with Crippen molar-refractivity contribution in [3.05, 3.63) is 0 Å². The third kappa shape index (κ3) is 28.3. The van der Waals surface area contributed by atoms with Crippen molar-refractivity contribution in [1.82, 2.24) is 67.0 Å². The van der Waals surface area contributed by atoms with Crippen LogP contribution in [-0.4, -0.2) is 245 Å². The summed E-state index contributed by atoms with van der Waals surface area (Å²) in [5.74, 6) is -13.1. The van der Waals surface area contributed by atoms with Gasteiger partial charge in [0.15, 0.2) is 0 Å². The van der Waals surface area contributed by atoms with Crippen molar-refractivity contribution in [1.29, 1.82) is 0 Å². The number of hydrogen-bond donors (Lipinski definition) is 8. The van der Waals surface area contributed by atoms with E-state index in [0.29, 0.717) is 19.3 Å². The molecule has 8 N–H and O–H groups in total. The maximum Gasteiger partial charge on any atom is 0.329 e. The third-order valence-electron chi connectivity index (χ3n) is 18.5. The molecule has 0 bridgehead atoms. The highest BCUT2D eigenvalue weighted by molar-refractivity contribution is 7.85. The van der Waals surface area contributed by atoms with E-state index in [2.05, 4.69) is 42.5 Å². The summed E-state index contributed by atoms with van der Waals surface area (Å²) in [4.78, 5) is 205. The van der Waals surface area contributed by atoms with E-state index in [-0.39, 0.29) is 68.7 Å². The lowest BCUT2D eigenvalue weighted by molar-refractivity contribution is -0.163. The van der Waals surface area contributed by atoms with Crippen LogP contribution in [-0.2, 0) is 82.7 Å². The molecule has 1 heterocycles. The maximum atomic E-state index is 14.8. The molecule has 0 aliphatic carbocycles. The van der Waals surface area contributed by atoms with E-state index >= 15 is 0 Å². The van der Waals surface area contributed by atoms with Crippen LogP contribution in [0.1, 0.15) is 182 Å². The molecule has 1 unspecified atom stereocenters. The van der Waals surface area contributed by atoms with Gasteiger partial charge in [-0.15, -0.1) is 0 Å². The van der Waals surface area contributed by atoms with Crippen molar-refractivity contribution in [2.45, 2.75) is 249 Å². The van der Waals surface area contributed by atoms with Crippen LogP contribution < -0.4 is 42.5 Å². The first-order valence-corrected chi connectivity index (χ1v) is 37.3. The van der Waals surface area contributed by atoms with Crippen LogP contribution in [0.4, 0.5) is 0 Å². The van der Waals surface area contributed by atoms with E-state index in [1.54, 1.807) is 69.2 Å². The average molecular weight is 1440 g/mol. The number of carbonyl (C=O) groups is 14. The Labute approximate surface area is 597 Å². The second kappa shape index (κ2) is 43.5. The molecule has 0 aromatic heterocycles. The fraction of sp³-hybridized carbons (Fsp3) is 0.800. The predicted molar refractivity (Wildman–Crippen MR) is 382 cm³/mol. The summed E-state index contributed by atoms with van der Waals surface area (Å²) in [5.41, 5.74) is 0. The molecule has 1 aliphatic heterocycles. The Morgan fingerprint density at radius 2 is 0.990 bits per heavy atom. The summed E-state index contributed by atoms with van der Waals surface area (Å²) in [6, 6.07) is -12.4. The summed E-state index contributed by atoms with van der Waals surface area (Å²) in [7, 11) is 5.50. The van der Waals surface area contributed by atoms with Crippen LogP contribution in [0.25, 0.3) is 0 Å². The van der Waals surface area contributed by atoms with Gasteiger partial charge in [-0.1, -0.05) is 130 Å². The number of nitrogens with one attached hydrogen (secondary N) is 8. The zero-order valence-corrected chi connectivity index (χ0v) is 65.2.